The number of hydrogen-bond donors (Lipinski definition) is 0. The molecule has 1 amide bonds. The minimum atomic E-state index is -0.442. The molecule has 0 atom stereocenters. The van der Waals surface area contributed by atoms with E-state index in [4.69, 9.17) is 9.47 Å². The first-order chi connectivity index (χ1) is 14.2. The summed E-state index contributed by atoms with van der Waals surface area (Å²) < 4.78 is 11.7. The van der Waals surface area contributed by atoms with E-state index in [1.807, 2.05) is 14.1 Å². The highest BCUT2D eigenvalue weighted by molar-refractivity contribution is 5.73. The van der Waals surface area contributed by atoms with E-state index >= 15 is 0 Å². The van der Waals surface area contributed by atoms with E-state index in [1.165, 1.54) is 37.0 Å². The summed E-state index contributed by atoms with van der Waals surface area (Å²) in [5.74, 6) is 3.25. The summed E-state index contributed by atoms with van der Waals surface area (Å²) in [6.45, 7) is 0.769. The van der Waals surface area contributed by atoms with Crippen LogP contribution in [0.25, 0.3) is 0 Å². The third-order valence-corrected chi connectivity index (χ3v) is 7.04. The zero-order valence-electron chi connectivity index (χ0n) is 18.5. The first-order valence-electron chi connectivity index (χ1n) is 11.0. The number of hydrogen-bond acceptors (Lipinski definition) is 5. The highest BCUT2D eigenvalue weighted by atomic mass is 16.6. The quantitative estimate of drug-likeness (QED) is 0.404. The van der Waals surface area contributed by atoms with Crippen LogP contribution in [0.15, 0.2) is 18.3 Å². The Balaban J connectivity index is 1.36. The predicted octanol–water partition coefficient (Wildman–Crippen LogP) is 3.29. The maximum atomic E-state index is 13.0. The molecule has 30 heavy (non-hydrogen) atoms. The Morgan fingerprint density at radius 3 is 2.33 bits per heavy atom. The molecule has 4 saturated carbocycles. The topological polar surface area (TPSA) is 68.7 Å². The van der Waals surface area contributed by atoms with Crippen molar-refractivity contribution in [2.24, 2.45) is 29.6 Å². The molecule has 0 saturated heterocycles. The van der Waals surface area contributed by atoms with Gasteiger partial charge in [0.15, 0.2) is 5.75 Å². The number of aromatic nitrogens is 1. The van der Waals surface area contributed by atoms with Crippen LogP contribution in [-0.4, -0.2) is 61.4 Å². The number of quaternary nitrogens is 1. The van der Waals surface area contributed by atoms with Crippen LogP contribution in [0, 0.1) is 29.6 Å². The second-order valence-electron chi connectivity index (χ2n) is 10.4. The maximum absolute atomic E-state index is 13.0. The van der Waals surface area contributed by atoms with Crippen molar-refractivity contribution in [2.45, 2.75) is 38.6 Å². The van der Waals surface area contributed by atoms with Gasteiger partial charge in [-0.1, -0.05) is 0 Å². The Bertz CT molecular complexity index is 779. The van der Waals surface area contributed by atoms with Crippen molar-refractivity contribution in [3.05, 3.63) is 24.0 Å². The fourth-order valence-electron chi connectivity index (χ4n) is 5.92. The number of nitrogens with zero attached hydrogens (tertiary/aromatic N) is 3. The monoisotopic (exact) mass is 416 g/mol. The molecule has 4 aliphatic rings. The Morgan fingerprint density at radius 2 is 1.73 bits per heavy atom. The number of rotatable bonds is 6. The Kier molecular flexibility index (Phi) is 5.75. The van der Waals surface area contributed by atoms with Crippen molar-refractivity contribution < 1.29 is 23.5 Å². The van der Waals surface area contributed by atoms with Gasteiger partial charge in [-0.3, -0.25) is 14.3 Å². The lowest BCUT2D eigenvalue weighted by Gasteiger charge is -2.53. The Labute approximate surface area is 178 Å². The van der Waals surface area contributed by atoms with Crippen LogP contribution in [0.2, 0.25) is 0 Å². The molecule has 5 rings (SSSR count). The molecule has 4 bridgehead atoms. The molecule has 0 unspecified atom stereocenters. The summed E-state index contributed by atoms with van der Waals surface area (Å²) in [6.07, 6.45) is 7.45. The zero-order valence-corrected chi connectivity index (χ0v) is 18.5. The first-order valence-corrected chi connectivity index (χ1v) is 11.0. The van der Waals surface area contributed by atoms with E-state index in [9.17, 15) is 9.59 Å². The van der Waals surface area contributed by atoms with Crippen LogP contribution in [0.1, 0.15) is 37.8 Å². The lowest BCUT2D eigenvalue weighted by molar-refractivity contribution is -0.920. The van der Waals surface area contributed by atoms with Crippen molar-refractivity contribution in [1.29, 1.82) is 0 Å². The molecular formula is C23H34N3O4+. The van der Waals surface area contributed by atoms with E-state index in [0.717, 1.165) is 11.8 Å². The van der Waals surface area contributed by atoms with E-state index in [2.05, 4.69) is 4.98 Å². The third kappa shape index (κ3) is 4.46. The normalized spacial score (nSPS) is 29.5. The number of carbonyl (C=O) groups is 2. The third-order valence-electron chi connectivity index (χ3n) is 7.04. The Morgan fingerprint density at radius 1 is 1.10 bits per heavy atom. The van der Waals surface area contributed by atoms with Gasteiger partial charge in [0.2, 0.25) is 6.73 Å². The zero-order chi connectivity index (χ0) is 21.5. The van der Waals surface area contributed by atoms with Crippen LogP contribution in [-0.2, 0) is 16.1 Å². The van der Waals surface area contributed by atoms with Crippen LogP contribution in [0.5, 0.6) is 5.75 Å². The molecule has 4 aliphatic carbocycles. The smallest absolute Gasteiger partial charge is 0.414 e. The largest absolute Gasteiger partial charge is 0.415 e. The molecule has 0 spiro atoms. The summed E-state index contributed by atoms with van der Waals surface area (Å²) >= 11 is 0. The predicted molar refractivity (Wildman–Crippen MR) is 111 cm³/mol. The number of amides is 1. The lowest BCUT2D eigenvalue weighted by atomic mass is 9.52. The molecule has 0 N–H and O–H groups in total. The minimum absolute atomic E-state index is 0.0183. The number of esters is 1. The van der Waals surface area contributed by atoms with Crippen molar-refractivity contribution in [3.63, 3.8) is 0 Å². The number of carbonyl (C=O) groups excluding carboxylic acids is 2. The highest BCUT2D eigenvalue weighted by Gasteiger charge is 2.51. The van der Waals surface area contributed by atoms with E-state index < -0.39 is 6.09 Å². The van der Waals surface area contributed by atoms with Gasteiger partial charge in [-0.2, -0.15) is 0 Å². The average molecular weight is 417 g/mol. The fraction of sp³-hybridized carbons (Fsp3) is 0.696. The molecule has 1 aromatic rings. The van der Waals surface area contributed by atoms with Crippen molar-refractivity contribution in [3.8, 4) is 5.75 Å². The van der Waals surface area contributed by atoms with Gasteiger partial charge < -0.3 is 14.4 Å². The maximum Gasteiger partial charge on any atom is 0.414 e. The summed E-state index contributed by atoms with van der Waals surface area (Å²) in [5, 5.41) is 0. The van der Waals surface area contributed by atoms with Crippen LogP contribution >= 0.6 is 0 Å². The second-order valence-corrected chi connectivity index (χ2v) is 10.4. The van der Waals surface area contributed by atoms with Gasteiger partial charge in [-0.25, -0.2) is 4.79 Å². The van der Waals surface area contributed by atoms with Gasteiger partial charge in [0.05, 0.1) is 20.0 Å². The van der Waals surface area contributed by atoms with Gasteiger partial charge in [0.1, 0.15) is 12.2 Å². The highest BCUT2D eigenvalue weighted by Crippen LogP contribution is 2.56. The molecule has 0 aromatic carbocycles. The van der Waals surface area contributed by atoms with E-state index in [0.29, 0.717) is 34.3 Å². The van der Waals surface area contributed by atoms with Crippen molar-refractivity contribution in [1.82, 2.24) is 9.88 Å². The minimum Gasteiger partial charge on any atom is -0.415 e. The fourth-order valence-corrected chi connectivity index (χ4v) is 5.92. The van der Waals surface area contributed by atoms with Crippen LogP contribution in [0.3, 0.4) is 0 Å². The summed E-state index contributed by atoms with van der Waals surface area (Å²) in [4.78, 5) is 30.7. The van der Waals surface area contributed by atoms with Gasteiger partial charge in [0, 0.05) is 20.3 Å². The van der Waals surface area contributed by atoms with Crippen molar-refractivity contribution in [2.75, 3.05) is 34.9 Å². The molecule has 1 heterocycles. The second kappa shape index (κ2) is 8.17. The van der Waals surface area contributed by atoms with Gasteiger partial charge in [-0.15, -0.1) is 0 Å². The standard InChI is InChI=1S/C23H34N3O4/c1-25(2)23(28)30-20-6-5-7-24-19(20)13-26(3,4)14-29-22(27)21-17-9-15-8-16(11-17)12-18(21)10-15/h5-7,15-18,21H,8-14H2,1-4H3/q+1. The summed E-state index contributed by atoms with van der Waals surface area (Å²) in [5.41, 5.74) is 0.670. The average Bonchev–Trinajstić information content (AvgIpc) is 2.67. The first kappa shape index (κ1) is 21.1. The molecule has 164 valence electrons. The van der Waals surface area contributed by atoms with E-state index in [1.54, 1.807) is 32.4 Å². The Hall–Kier alpha value is -2.15. The SMILES string of the molecule is CN(C)C(=O)Oc1cccnc1C[N+](C)(C)COC(=O)C1C2CC3CC(C2)CC1C3. The molecule has 0 radical (unpaired) electrons. The summed E-state index contributed by atoms with van der Waals surface area (Å²) in [6, 6.07) is 3.48. The van der Waals surface area contributed by atoms with E-state index in [-0.39, 0.29) is 18.6 Å². The van der Waals surface area contributed by atoms with Gasteiger partial charge in [-0.05, 0) is 67.9 Å². The number of ether oxygens (including phenoxy) is 2. The summed E-state index contributed by atoms with van der Waals surface area (Å²) in [7, 11) is 7.27. The molecule has 0 aliphatic heterocycles. The molecule has 7 nitrogen and oxygen atoms in total. The molecule has 4 fully saturated rings. The number of pyridine rings is 1. The molecular weight excluding hydrogens is 382 g/mol. The molecule has 1 aromatic heterocycles. The van der Waals surface area contributed by atoms with Crippen LogP contribution < -0.4 is 4.74 Å². The lowest BCUT2D eigenvalue weighted by Crippen LogP contribution is -2.50. The van der Waals surface area contributed by atoms with Gasteiger partial charge >= 0.3 is 12.1 Å². The van der Waals surface area contributed by atoms with Crippen molar-refractivity contribution >= 4 is 12.1 Å². The van der Waals surface area contributed by atoms with Gasteiger partial charge in [0.25, 0.3) is 0 Å². The molecule has 7 heteroatoms. The van der Waals surface area contributed by atoms with Crippen LogP contribution in [0.4, 0.5) is 4.79 Å².